The first kappa shape index (κ1) is 11.5. The Kier molecular flexibility index (Phi) is 3.33. The minimum Gasteiger partial charge on any atom is -0.388 e. The molecule has 0 aliphatic carbocycles. The van der Waals surface area contributed by atoms with E-state index in [1.165, 1.54) is 16.8 Å². The van der Waals surface area contributed by atoms with Gasteiger partial charge in [-0.15, -0.1) is 0 Å². The van der Waals surface area contributed by atoms with E-state index in [1.54, 1.807) is 0 Å². The van der Waals surface area contributed by atoms with Crippen molar-refractivity contribution in [2.75, 3.05) is 17.7 Å². The molecule has 0 spiro atoms. The van der Waals surface area contributed by atoms with Crippen molar-refractivity contribution in [3.8, 4) is 0 Å². The van der Waals surface area contributed by atoms with Crippen LogP contribution in [0.25, 0.3) is 0 Å². The Morgan fingerprint density at radius 1 is 0.765 bits per heavy atom. The van der Waals surface area contributed by atoms with Gasteiger partial charge in [-0.1, -0.05) is 18.2 Å². The molecule has 2 aromatic carbocycles. The third kappa shape index (κ3) is 2.59. The number of aryl methyl sites for hydroxylation is 2. The Labute approximate surface area is 103 Å². The second-order valence-corrected chi connectivity index (χ2v) is 4.22. The summed E-state index contributed by atoms with van der Waals surface area (Å²) in [6, 6.07) is 14.6. The van der Waals surface area contributed by atoms with Gasteiger partial charge in [0.15, 0.2) is 0 Å². The first-order chi connectivity index (χ1) is 8.20. The van der Waals surface area contributed by atoms with E-state index >= 15 is 0 Å². The van der Waals surface area contributed by atoms with Gasteiger partial charge in [-0.25, -0.2) is 0 Å². The molecule has 0 unspecified atom stereocenters. The number of anilines is 3. The smallest absolute Gasteiger partial charge is 0.0443 e. The third-order valence-electron chi connectivity index (χ3n) is 2.92. The Bertz CT molecular complexity index is 481. The maximum Gasteiger partial charge on any atom is 0.0443 e. The van der Waals surface area contributed by atoms with Crippen LogP contribution < -0.4 is 10.6 Å². The van der Waals surface area contributed by atoms with Crippen LogP contribution in [-0.2, 0) is 0 Å². The van der Waals surface area contributed by atoms with Crippen LogP contribution in [0, 0.1) is 13.8 Å². The second kappa shape index (κ2) is 4.91. The van der Waals surface area contributed by atoms with Gasteiger partial charge in [0.05, 0.1) is 0 Å². The molecule has 2 heteroatoms. The van der Waals surface area contributed by atoms with Gasteiger partial charge in [-0.2, -0.15) is 0 Å². The number of nitrogens with one attached hydrogen (secondary N) is 2. The molecule has 0 aliphatic rings. The van der Waals surface area contributed by atoms with Crippen molar-refractivity contribution in [1.82, 2.24) is 0 Å². The van der Waals surface area contributed by atoms with Gasteiger partial charge in [-0.3, -0.25) is 0 Å². The summed E-state index contributed by atoms with van der Waals surface area (Å²) in [6.07, 6.45) is 0. The molecule has 88 valence electrons. The van der Waals surface area contributed by atoms with Crippen LogP contribution in [0.15, 0.2) is 42.5 Å². The van der Waals surface area contributed by atoms with E-state index in [2.05, 4.69) is 66.9 Å². The minimum absolute atomic E-state index is 1.11. The molecule has 0 saturated heterocycles. The lowest BCUT2D eigenvalue weighted by atomic mass is 10.1. The van der Waals surface area contributed by atoms with Crippen LogP contribution in [0.4, 0.5) is 17.1 Å². The molecular weight excluding hydrogens is 208 g/mol. The Morgan fingerprint density at radius 2 is 1.29 bits per heavy atom. The van der Waals surface area contributed by atoms with Crippen molar-refractivity contribution in [3.05, 3.63) is 53.6 Å². The summed E-state index contributed by atoms with van der Waals surface area (Å²) >= 11 is 0. The van der Waals surface area contributed by atoms with Crippen molar-refractivity contribution in [2.24, 2.45) is 0 Å². The minimum atomic E-state index is 1.11. The SMILES string of the molecule is CNc1ccc(Nc2c(C)cccc2C)cc1. The normalized spacial score (nSPS) is 10.1. The van der Waals surface area contributed by atoms with Crippen molar-refractivity contribution in [3.63, 3.8) is 0 Å². The predicted octanol–water partition coefficient (Wildman–Crippen LogP) is 4.09. The number of rotatable bonds is 3. The van der Waals surface area contributed by atoms with Gasteiger partial charge < -0.3 is 10.6 Å². The lowest BCUT2D eigenvalue weighted by molar-refractivity contribution is 1.36. The molecular formula is C15H18N2. The fourth-order valence-corrected chi connectivity index (χ4v) is 1.88. The Hall–Kier alpha value is -1.96. The first-order valence-corrected chi connectivity index (χ1v) is 5.82. The van der Waals surface area contributed by atoms with Crippen LogP contribution >= 0.6 is 0 Å². The monoisotopic (exact) mass is 226 g/mol. The topological polar surface area (TPSA) is 24.1 Å². The largest absolute Gasteiger partial charge is 0.388 e. The molecule has 2 nitrogen and oxygen atoms in total. The van der Waals surface area contributed by atoms with Crippen LogP contribution in [0.2, 0.25) is 0 Å². The molecule has 2 N–H and O–H groups in total. The summed E-state index contributed by atoms with van der Waals surface area (Å²) < 4.78 is 0. The number of hydrogen-bond donors (Lipinski definition) is 2. The lowest BCUT2D eigenvalue weighted by Crippen LogP contribution is -1.96. The average Bonchev–Trinajstić information content (AvgIpc) is 2.35. The summed E-state index contributed by atoms with van der Waals surface area (Å²) in [4.78, 5) is 0. The highest BCUT2D eigenvalue weighted by atomic mass is 14.9. The van der Waals surface area contributed by atoms with E-state index < -0.39 is 0 Å². The zero-order chi connectivity index (χ0) is 12.3. The highest BCUT2D eigenvalue weighted by Gasteiger charge is 2.01. The highest BCUT2D eigenvalue weighted by Crippen LogP contribution is 2.24. The van der Waals surface area contributed by atoms with E-state index in [0.717, 1.165) is 11.4 Å². The van der Waals surface area contributed by atoms with Crippen LogP contribution in [0.3, 0.4) is 0 Å². The molecule has 0 aromatic heterocycles. The molecule has 0 saturated carbocycles. The molecule has 0 radical (unpaired) electrons. The zero-order valence-corrected chi connectivity index (χ0v) is 10.5. The van der Waals surface area contributed by atoms with Gasteiger partial charge in [0.2, 0.25) is 0 Å². The Balaban J connectivity index is 2.25. The molecule has 0 bridgehead atoms. The number of hydrogen-bond acceptors (Lipinski definition) is 2. The quantitative estimate of drug-likeness (QED) is 0.823. The van der Waals surface area contributed by atoms with Gasteiger partial charge in [0, 0.05) is 24.1 Å². The van der Waals surface area contributed by atoms with Gasteiger partial charge in [-0.05, 0) is 49.2 Å². The summed E-state index contributed by atoms with van der Waals surface area (Å²) in [7, 11) is 1.92. The van der Waals surface area contributed by atoms with E-state index in [0.29, 0.717) is 0 Å². The van der Waals surface area contributed by atoms with Crippen LogP contribution in [0.1, 0.15) is 11.1 Å². The third-order valence-corrected chi connectivity index (χ3v) is 2.92. The van der Waals surface area contributed by atoms with E-state index in [-0.39, 0.29) is 0 Å². The predicted molar refractivity (Wildman–Crippen MR) is 75.2 cm³/mol. The summed E-state index contributed by atoms with van der Waals surface area (Å²) in [5.41, 5.74) is 5.97. The average molecular weight is 226 g/mol. The van der Waals surface area contributed by atoms with E-state index in [9.17, 15) is 0 Å². The van der Waals surface area contributed by atoms with E-state index in [4.69, 9.17) is 0 Å². The highest BCUT2D eigenvalue weighted by molar-refractivity contribution is 5.67. The molecule has 0 amide bonds. The standard InChI is InChI=1S/C15H18N2/c1-11-5-4-6-12(2)15(11)17-14-9-7-13(16-3)8-10-14/h4-10,16-17H,1-3H3. The van der Waals surface area contributed by atoms with Crippen molar-refractivity contribution < 1.29 is 0 Å². The lowest BCUT2D eigenvalue weighted by Gasteiger charge is -2.13. The second-order valence-electron chi connectivity index (χ2n) is 4.22. The maximum atomic E-state index is 3.46. The van der Waals surface area contributed by atoms with E-state index in [1.807, 2.05) is 7.05 Å². The summed E-state index contributed by atoms with van der Waals surface area (Å²) in [5, 5.41) is 6.58. The zero-order valence-electron chi connectivity index (χ0n) is 10.5. The molecule has 2 aromatic rings. The molecule has 0 heterocycles. The van der Waals surface area contributed by atoms with Gasteiger partial charge in [0.1, 0.15) is 0 Å². The van der Waals surface area contributed by atoms with Crippen LogP contribution in [0.5, 0.6) is 0 Å². The van der Waals surface area contributed by atoms with Gasteiger partial charge in [0.25, 0.3) is 0 Å². The van der Waals surface area contributed by atoms with Crippen molar-refractivity contribution in [2.45, 2.75) is 13.8 Å². The molecule has 0 fully saturated rings. The van der Waals surface area contributed by atoms with Gasteiger partial charge >= 0.3 is 0 Å². The first-order valence-electron chi connectivity index (χ1n) is 5.82. The number of para-hydroxylation sites is 1. The molecule has 2 rings (SSSR count). The van der Waals surface area contributed by atoms with Crippen LogP contribution in [-0.4, -0.2) is 7.05 Å². The number of benzene rings is 2. The molecule has 17 heavy (non-hydrogen) atoms. The van der Waals surface area contributed by atoms with Crippen molar-refractivity contribution >= 4 is 17.1 Å². The van der Waals surface area contributed by atoms with Crippen molar-refractivity contribution in [1.29, 1.82) is 0 Å². The summed E-state index contributed by atoms with van der Waals surface area (Å²) in [6.45, 7) is 4.24. The Morgan fingerprint density at radius 3 is 1.82 bits per heavy atom. The molecule has 0 atom stereocenters. The fraction of sp³-hybridized carbons (Fsp3) is 0.200. The maximum absolute atomic E-state index is 3.46. The molecule has 0 aliphatic heterocycles. The summed E-state index contributed by atoms with van der Waals surface area (Å²) in [5.74, 6) is 0. The fourth-order valence-electron chi connectivity index (χ4n) is 1.88.